The van der Waals surface area contributed by atoms with Gasteiger partial charge < -0.3 is 10.6 Å². The molecule has 0 aliphatic carbocycles. The molecule has 106 valence electrons. The largest absolute Gasteiger partial charge is 0.352 e. The van der Waals surface area contributed by atoms with E-state index < -0.39 is 5.82 Å². The van der Waals surface area contributed by atoms with Gasteiger partial charge in [-0.2, -0.15) is 0 Å². The maximum absolute atomic E-state index is 13.3. The number of amides is 1. The molecule has 0 bridgehead atoms. The Hall–Kier alpha value is -0.650. The predicted octanol–water partition coefficient (Wildman–Crippen LogP) is 2.74. The van der Waals surface area contributed by atoms with Crippen molar-refractivity contribution in [2.75, 3.05) is 19.6 Å². The van der Waals surface area contributed by atoms with E-state index in [0.29, 0.717) is 22.5 Å². The van der Waals surface area contributed by atoms with Crippen LogP contribution in [0.5, 0.6) is 0 Å². The lowest BCUT2D eigenvalue weighted by atomic mass is 10.1. The molecule has 2 N–H and O–H groups in total. The molecule has 1 aromatic carbocycles. The summed E-state index contributed by atoms with van der Waals surface area (Å²) in [5.41, 5.74) is 0.361. The Morgan fingerprint density at radius 2 is 2.32 bits per heavy atom. The molecule has 1 aliphatic rings. The van der Waals surface area contributed by atoms with Crippen LogP contribution in [0.25, 0.3) is 0 Å². The van der Waals surface area contributed by atoms with E-state index in [4.69, 9.17) is 0 Å². The molecule has 1 unspecified atom stereocenters. The minimum absolute atomic E-state index is 0. The van der Waals surface area contributed by atoms with Crippen molar-refractivity contribution < 1.29 is 9.18 Å². The maximum atomic E-state index is 13.3. The molecule has 19 heavy (non-hydrogen) atoms. The molecule has 0 spiro atoms. The van der Waals surface area contributed by atoms with Gasteiger partial charge in [-0.05, 0) is 66.0 Å². The standard InChI is InChI=1S/C13H16BrFN2O.ClH/c14-11-2-1-10(7-12(11)15)13(18)17-6-4-9-3-5-16-8-9;/h1-2,7,9,16H,3-6,8H2,(H,17,18);1H. The van der Waals surface area contributed by atoms with Crippen molar-refractivity contribution in [2.45, 2.75) is 12.8 Å². The van der Waals surface area contributed by atoms with Gasteiger partial charge in [0.05, 0.1) is 4.47 Å². The Kier molecular flexibility index (Phi) is 6.75. The van der Waals surface area contributed by atoms with Crippen LogP contribution < -0.4 is 10.6 Å². The Morgan fingerprint density at radius 3 is 2.95 bits per heavy atom. The number of rotatable bonds is 4. The summed E-state index contributed by atoms with van der Waals surface area (Å²) < 4.78 is 13.6. The van der Waals surface area contributed by atoms with Gasteiger partial charge in [-0.15, -0.1) is 12.4 Å². The fourth-order valence-electron chi connectivity index (χ4n) is 2.09. The molecule has 1 aliphatic heterocycles. The fraction of sp³-hybridized carbons (Fsp3) is 0.462. The van der Waals surface area contributed by atoms with Crippen LogP contribution in [0.4, 0.5) is 4.39 Å². The lowest BCUT2D eigenvalue weighted by molar-refractivity contribution is 0.0951. The summed E-state index contributed by atoms with van der Waals surface area (Å²) >= 11 is 3.06. The first kappa shape index (κ1) is 16.4. The highest BCUT2D eigenvalue weighted by Gasteiger charge is 2.14. The first-order valence-electron chi connectivity index (χ1n) is 6.11. The van der Waals surface area contributed by atoms with Crippen LogP contribution in [-0.2, 0) is 0 Å². The second-order valence-corrected chi connectivity index (χ2v) is 5.39. The van der Waals surface area contributed by atoms with Crippen LogP contribution in [0.1, 0.15) is 23.2 Å². The Bertz CT molecular complexity index is 439. The molecule has 0 saturated carbocycles. The van der Waals surface area contributed by atoms with E-state index in [1.165, 1.54) is 12.5 Å². The highest BCUT2D eigenvalue weighted by molar-refractivity contribution is 9.10. The second-order valence-electron chi connectivity index (χ2n) is 4.53. The van der Waals surface area contributed by atoms with E-state index in [-0.39, 0.29) is 18.3 Å². The molecule has 1 heterocycles. The fourth-order valence-corrected chi connectivity index (χ4v) is 2.34. The molecular formula is C13H17BrClFN2O. The lowest BCUT2D eigenvalue weighted by Crippen LogP contribution is -2.26. The van der Waals surface area contributed by atoms with Crippen LogP contribution in [0.15, 0.2) is 22.7 Å². The van der Waals surface area contributed by atoms with Gasteiger partial charge in [0.1, 0.15) is 5.82 Å². The second kappa shape index (κ2) is 7.82. The average molecular weight is 352 g/mol. The number of carbonyl (C=O) groups excluding carboxylic acids is 1. The van der Waals surface area contributed by atoms with Crippen molar-refractivity contribution in [3.8, 4) is 0 Å². The molecule has 3 nitrogen and oxygen atoms in total. The topological polar surface area (TPSA) is 41.1 Å². The smallest absolute Gasteiger partial charge is 0.251 e. The molecule has 1 aromatic rings. The first-order valence-corrected chi connectivity index (χ1v) is 6.90. The number of carbonyl (C=O) groups is 1. The quantitative estimate of drug-likeness (QED) is 0.876. The summed E-state index contributed by atoms with van der Waals surface area (Å²) in [7, 11) is 0. The SMILES string of the molecule is Cl.O=C(NCCC1CCNC1)c1ccc(Br)c(F)c1. The van der Waals surface area contributed by atoms with Gasteiger partial charge >= 0.3 is 0 Å². The highest BCUT2D eigenvalue weighted by Crippen LogP contribution is 2.16. The summed E-state index contributed by atoms with van der Waals surface area (Å²) in [5, 5.41) is 6.11. The number of nitrogens with one attached hydrogen (secondary N) is 2. The zero-order chi connectivity index (χ0) is 13.0. The molecule has 0 aromatic heterocycles. The van der Waals surface area contributed by atoms with Crippen molar-refractivity contribution in [3.63, 3.8) is 0 Å². The van der Waals surface area contributed by atoms with Crippen molar-refractivity contribution in [3.05, 3.63) is 34.1 Å². The van der Waals surface area contributed by atoms with Crippen molar-refractivity contribution in [1.82, 2.24) is 10.6 Å². The van der Waals surface area contributed by atoms with Crippen LogP contribution in [0.2, 0.25) is 0 Å². The average Bonchev–Trinajstić information content (AvgIpc) is 2.85. The van der Waals surface area contributed by atoms with E-state index >= 15 is 0 Å². The van der Waals surface area contributed by atoms with Crippen LogP contribution >= 0.6 is 28.3 Å². The third kappa shape index (κ3) is 4.75. The van der Waals surface area contributed by atoms with Gasteiger partial charge in [0.15, 0.2) is 0 Å². The summed E-state index contributed by atoms with van der Waals surface area (Å²) in [4.78, 5) is 11.8. The minimum Gasteiger partial charge on any atom is -0.352 e. The van der Waals surface area contributed by atoms with E-state index in [2.05, 4.69) is 26.6 Å². The van der Waals surface area contributed by atoms with Gasteiger partial charge in [-0.3, -0.25) is 4.79 Å². The monoisotopic (exact) mass is 350 g/mol. The van der Waals surface area contributed by atoms with Gasteiger partial charge in [0.25, 0.3) is 5.91 Å². The Morgan fingerprint density at radius 1 is 1.53 bits per heavy atom. The Labute approximate surface area is 126 Å². The Balaban J connectivity index is 0.00000180. The number of benzene rings is 1. The molecular weight excluding hydrogens is 335 g/mol. The van der Waals surface area contributed by atoms with Crippen LogP contribution in [0.3, 0.4) is 0 Å². The zero-order valence-electron chi connectivity index (χ0n) is 10.4. The van der Waals surface area contributed by atoms with E-state index in [9.17, 15) is 9.18 Å². The van der Waals surface area contributed by atoms with Crippen molar-refractivity contribution >= 4 is 34.2 Å². The molecule has 1 fully saturated rings. The van der Waals surface area contributed by atoms with Gasteiger partial charge in [-0.1, -0.05) is 0 Å². The van der Waals surface area contributed by atoms with Crippen molar-refractivity contribution in [1.29, 1.82) is 0 Å². The van der Waals surface area contributed by atoms with Crippen LogP contribution in [0, 0.1) is 11.7 Å². The van der Waals surface area contributed by atoms with Gasteiger partial charge in [0.2, 0.25) is 0 Å². The molecule has 1 amide bonds. The lowest BCUT2D eigenvalue weighted by Gasteiger charge is -2.09. The zero-order valence-corrected chi connectivity index (χ0v) is 12.8. The number of hydrogen-bond acceptors (Lipinski definition) is 2. The van der Waals surface area contributed by atoms with Crippen molar-refractivity contribution in [2.24, 2.45) is 5.92 Å². The van der Waals surface area contributed by atoms with Gasteiger partial charge in [-0.25, -0.2) is 4.39 Å². The molecule has 1 atom stereocenters. The number of halogens is 3. The first-order chi connectivity index (χ1) is 8.66. The van der Waals surface area contributed by atoms with E-state index in [1.807, 2.05) is 0 Å². The highest BCUT2D eigenvalue weighted by atomic mass is 79.9. The minimum atomic E-state index is -0.414. The predicted molar refractivity (Wildman–Crippen MR) is 79.3 cm³/mol. The van der Waals surface area contributed by atoms with Crippen LogP contribution in [-0.4, -0.2) is 25.5 Å². The van der Waals surface area contributed by atoms with Gasteiger partial charge in [0, 0.05) is 12.1 Å². The van der Waals surface area contributed by atoms with E-state index in [1.54, 1.807) is 12.1 Å². The third-order valence-corrected chi connectivity index (χ3v) is 3.83. The number of hydrogen-bond donors (Lipinski definition) is 2. The summed E-state index contributed by atoms with van der Waals surface area (Å²) in [6.07, 6.45) is 2.14. The summed E-state index contributed by atoms with van der Waals surface area (Å²) in [6, 6.07) is 4.40. The maximum Gasteiger partial charge on any atom is 0.251 e. The van der Waals surface area contributed by atoms with E-state index in [0.717, 1.165) is 19.5 Å². The normalized spacial score (nSPS) is 17.9. The summed E-state index contributed by atoms with van der Waals surface area (Å²) in [5.74, 6) is 0.0157. The molecule has 6 heteroatoms. The molecule has 0 radical (unpaired) electrons. The molecule has 2 rings (SSSR count). The third-order valence-electron chi connectivity index (χ3n) is 3.18. The summed E-state index contributed by atoms with van der Waals surface area (Å²) in [6.45, 7) is 2.74. The molecule has 1 saturated heterocycles.